The van der Waals surface area contributed by atoms with E-state index in [-0.39, 0.29) is 5.54 Å². The average molecular weight is 256 g/mol. The number of nitrogens with zero attached hydrogens (tertiary/aromatic N) is 1. The third-order valence-corrected chi connectivity index (χ3v) is 3.51. The molecule has 1 aromatic heterocycles. The van der Waals surface area contributed by atoms with Gasteiger partial charge in [0.1, 0.15) is 0 Å². The monoisotopic (exact) mass is 255 g/mol. The molecular weight excluding hydrogens is 242 g/mol. The van der Waals surface area contributed by atoms with E-state index in [1.165, 1.54) is 6.42 Å². The highest BCUT2D eigenvalue weighted by atomic mass is 79.9. The van der Waals surface area contributed by atoms with Crippen molar-refractivity contribution >= 4 is 21.6 Å². The Kier molecular flexibility index (Phi) is 2.74. The van der Waals surface area contributed by atoms with E-state index in [4.69, 9.17) is 5.73 Å². The Bertz CT molecular complexity index is 317. The molecule has 1 heterocycles. The Morgan fingerprint density at radius 1 is 1.57 bits per heavy atom. The zero-order valence-electron chi connectivity index (χ0n) is 7.96. The standard InChI is InChI=1S/C10H14BrN3/c11-8-6-13-5-2-9(8)14-10(7-12)3-1-4-10/h2,5-6H,1,3-4,7,12H2,(H,13,14). The summed E-state index contributed by atoms with van der Waals surface area (Å²) in [7, 11) is 0. The summed E-state index contributed by atoms with van der Waals surface area (Å²) in [5.74, 6) is 0. The number of rotatable bonds is 3. The van der Waals surface area contributed by atoms with Crippen LogP contribution in [0.4, 0.5) is 5.69 Å². The fraction of sp³-hybridized carbons (Fsp3) is 0.500. The lowest BCUT2D eigenvalue weighted by Crippen LogP contribution is -2.51. The summed E-state index contributed by atoms with van der Waals surface area (Å²) in [5, 5.41) is 3.50. The molecule has 0 unspecified atom stereocenters. The predicted octanol–water partition coefficient (Wildman–Crippen LogP) is 2.14. The molecule has 1 saturated carbocycles. The molecule has 0 radical (unpaired) electrons. The van der Waals surface area contributed by atoms with Crippen LogP contribution in [0.25, 0.3) is 0 Å². The van der Waals surface area contributed by atoms with Gasteiger partial charge in [-0.05, 0) is 41.3 Å². The molecule has 4 heteroatoms. The van der Waals surface area contributed by atoms with Gasteiger partial charge >= 0.3 is 0 Å². The number of aromatic nitrogens is 1. The van der Waals surface area contributed by atoms with Crippen LogP contribution in [0.3, 0.4) is 0 Å². The lowest BCUT2D eigenvalue weighted by molar-refractivity contribution is 0.287. The first-order chi connectivity index (χ1) is 6.76. The van der Waals surface area contributed by atoms with Crippen molar-refractivity contribution in [2.24, 2.45) is 5.73 Å². The first-order valence-corrected chi connectivity index (χ1v) is 5.63. The smallest absolute Gasteiger partial charge is 0.0590 e. The molecule has 1 fully saturated rings. The minimum absolute atomic E-state index is 0.129. The highest BCUT2D eigenvalue weighted by Gasteiger charge is 2.35. The Balaban J connectivity index is 2.13. The number of hydrogen-bond acceptors (Lipinski definition) is 3. The molecule has 1 aromatic rings. The van der Waals surface area contributed by atoms with Crippen LogP contribution in [-0.2, 0) is 0 Å². The zero-order valence-corrected chi connectivity index (χ0v) is 9.55. The minimum atomic E-state index is 0.129. The zero-order chi connectivity index (χ0) is 10.0. The highest BCUT2D eigenvalue weighted by molar-refractivity contribution is 9.10. The van der Waals surface area contributed by atoms with Crippen LogP contribution in [0.2, 0.25) is 0 Å². The van der Waals surface area contributed by atoms with Crippen molar-refractivity contribution in [3.63, 3.8) is 0 Å². The number of halogens is 1. The Morgan fingerprint density at radius 2 is 2.36 bits per heavy atom. The molecule has 0 spiro atoms. The van der Waals surface area contributed by atoms with Crippen LogP contribution in [0.15, 0.2) is 22.9 Å². The van der Waals surface area contributed by atoms with Crippen LogP contribution >= 0.6 is 15.9 Å². The van der Waals surface area contributed by atoms with Crippen molar-refractivity contribution in [2.75, 3.05) is 11.9 Å². The third-order valence-electron chi connectivity index (χ3n) is 2.87. The maximum atomic E-state index is 5.77. The molecule has 3 nitrogen and oxygen atoms in total. The second kappa shape index (κ2) is 3.87. The highest BCUT2D eigenvalue weighted by Crippen LogP contribution is 2.36. The van der Waals surface area contributed by atoms with Gasteiger partial charge in [-0.1, -0.05) is 0 Å². The summed E-state index contributed by atoms with van der Waals surface area (Å²) >= 11 is 3.47. The lowest BCUT2D eigenvalue weighted by atomic mass is 9.76. The summed E-state index contributed by atoms with van der Waals surface area (Å²) in [6.07, 6.45) is 7.19. The van der Waals surface area contributed by atoms with Gasteiger partial charge < -0.3 is 11.1 Å². The first-order valence-electron chi connectivity index (χ1n) is 4.83. The van der Waals surface area contributed by atoms with Gasteiger partial charge in [0.15, 0.2) is 0 Å². The van der Waals surface area contributed by atoms with E-state index in [0.29, 0.717) is 6.54 Å². The topological polar surface area (TPSA) is 50.9 Å². The predicted molar refractivity (Wildman–Crippen MR) is 61.2 cm³/mol. The molecule has 0 aromatic carbocycles. The van der Waals surface area contributed by atoms with Crippen molar-refractivity contribution in [3.8, 4) is 0 Å². The SMILES string of the molecule is NCC1(Nc2ccncc2Br)CCC1. The number of nitrogens with one attached hydrogen (secondary N) is 1. The fourth-order valence-corrected chi connectivity index (χ4v) is 2.10. The van der Waals surface area contributed by atoms with Gasteiger partial charge in [-0.2, -0.15) is 0 Å². The van der Waals surface area contributed by atoms with Crippen molar-refractivity contribution in [2.45, 2.75) is 24.8 Å². The Labute approximate surface area is 92.2 Å². The second-order valence-corrected chi connectivity index (χ2v) is 4.67. The van der Waals surface area contributed by atoms with Gasteiger partial charge in [0.2, 0.25) is 0 Å². The van der Waals surface area contributed by atoms with Crippen LogP contribution in [-0.4, -0.2) is 17.1 Å². The van der Waals surface area contributed by atoms with Crippen LogP contribution in [0, 0.1) is 0 Å². The van der Waals surface area contributed by atoms with Crippen LogP contribution < -0.4 is 11.1 Å². The van der Waals surface area contributed by atoms with Crippen LogP contribution in [0.5, 0.6) is 0 Å². The lowest BCUT2D eigenvalue weighted by Gasteiger charge is -2.42. The maximum Gasteiger partial charge on any atom is 0.0590 e. The molecule has 0 aliphatic heterocycles. The fourth-order valence-electron chi connectivity index (χ4n) is 1.75. The number of nitrogens with two attached hydrogens (primary N) is 1. The quantitative estimate of drug-likeness (QED) is 0.871. The molecule has 0 amide bonds. The second-order valence-electron chi connectivity index (χ2n) is 3.82. The van der Waals surface area contributed by atoms with Gasteiger partial charge in [-0.3, -0.25) is 4.98 Å². The summed E-state index contributed by atoms with van der Waals surface area (Å²) in [4.78, 5) is 4.03. The van der Waals surface area contributed by atoms with E-state index < -0.39 is 0 Å². The summed E-state index contributed by atoms with van der Waals surface area (Å²) < 4.78 is 1.000. The van der Waals surface area contributed by atoms with Gasteiger partial charge in [0.25, 0.3) is 0 Å². The van der Waals surface area contributed by atoms with Crippen molar-refractivity contribution < 1.29 is 0 Å². The number of anilines is 1. The third kappa shape index (κ3) is 1.77. The number of hydrogen-bond donors (Lipinski definition) is 2. The van der Waals surface area contributed by atoms with E-state index >= 15 is 0 Å². The van der Waals surface area contributed by atoms with Crippen molar-refractivity contribution in [1.29, 1.82) is 0 Å². The molecule has 14 heavy (non-hydrogen) atoms. The summed E-state index contributed by atoms with van der Waals surface area (Å²) in [6.45, 7) is 0.696. The van der Waals surface area contributed by atoms with Crippen LogP contribution in [0.1, 0.15) is 19.3 Å². The molecule has 0 saturated heterocycles. The number of pyridine rings is 1. The first kappa shape index (κ1) is 9.93. The van der Waals surface area contributed by atoms with Gasteiger partial charge in [0.05, 0.1) is 10.2 Å². The molecule has 1 aliphatic carbocycles. The molecule has 0 bridgehead atoms. The molecule has 76 valence electrons. The van der Waals surface area contributed by atoms with E-state index in [2.05, 4.69) is 26.2 Å². The minimum Gasteiger partial charge on any atom is -0.377 e. The normalized spacial score (nSPS) is 18.7. The summed E-state index contributed by atoms with van der Waals surface area (Å²) in [5.41, 5.74) is 6.99. The van der Waals surface area contributed by atoms with Gasteiger partial charge in [-0.25, -0.2) is 0 Å². The van der Waals surface area contributed by atoms with Crippen molar-refractivity contribution in [1.82, 2.24) is 4.98 Å². The molecule has 3 N–H and O–H groups in total. The van der Waals surface area contributed by atoms with E-state index in [9.17, 15) is 0 Å². The molecule has 0 atom stereocenters. The van der Waals surface area contributed by atoms with Crippen molar-refractivity contribution in [3.05, 3.63) is 22.9 Å². The van der Waals surface area contributed by atoms with E-state index in [0.717, 1.165) is 23.0 Å². The average Bonchev–Trinajstić information content (AvgIpc) is 2.14. The van der Waals surface area contributed by atoms with E-state index in [1.54, 1.807) is 12.4 Å². The summed E-state index contributed by atoms with van der Waals surface area (Å²) in [6, 6.07) is 1.97. The Hall–Kier alpha value is -0.610. The largest absolute Gasteiger partial charge is 0.377 e. The molecule has 1 aliphatic rings. The van der Waals surface area contributed by atoms with Gasteiger partial charge in [0, 0.05) is 24.5 Å². The maximum absolute atomic E-state index is 5.77. The Morgan fingerprint density at radius 3 is 2.86 bits per heavy atom. The van der Waals surface area contributed by atoms with E-state index in [1.807, 2.05) is 6.07 Å². The molecule has 2 rings (SSSR count). The molecular formula is C10H14BrN3. The van der Waals surface area contributed by atoms with Gasteiger partial charge in [-0.15, -0.1) is 0 Å².